The molecule has 1 fully saturated rings. The third kappa shape index (κ3) is 7.22. The molecule has 0 bridgehead atoms. The SMILES string of the molecule is COc1ccc(C(CNC(=O)NC(CN2CCCCCC2=O)c2ccccc2)N(C)C)cc1. The van der Waals surface area contributed by atoms with Crippen LogP contribution in [0.5, 0.6) is 5.75 Å². The van der Waals surface area contributed by atoms with Crippen LogP contribution in [-0.2, 0) is 4.79 Å². The molecule has 3 rings (SSSR count). The second kappa shape index (κ2) is 12.3. The molecule has 2 N–H and O–H groups in total. The number of likely N-dealkylation sites (N-methyl/N-ethyl adjacent to an activating group) is 1. The minimum atomic E-state index is -0.271. The maximum Gasteiger partial charge on any atom is 0.315 e. The Morgan fingerprint density at radius 1 is 1.03 bits per heavy atom. The number of nitrogens with zero attached hydrogens (tertiary/aromatic N) is 2. The van der Waals surface area contributed by atoms with E-state index in [-0.39, 0.29) is 24.0 Å². The number of hydrogen-bond donors (Lipinski definition) is 2. The molecule has 0 spiro atoms. The summed E-state index contributed by atoms with van der Waals surface area (Å²) in [6.07, 6.45) is 3.60. The molecule has 0 radical (unpaired) electrons. The van der Waals surface area contributed by atoms with E-state index >= 15 is 0 Å². The van der Waals surface area contributed by atoms with E-state index in [9.17, 15) is 9.59 Å². The predicted octanol–water partition coefficient (Wildman–Crippen LogP) is 3.74. The zero-order valence-electron chi connectivity index (χ0n) is 19.9. The van der Waals surface area contributed by atoms with E-state index in [0.29, 0.717) is 19.5 Å². The lowest BCUT2D eigenvalue weighted by Gasteiger charge is -2.29. The Morgan fingerprint density at radius 2 is 1.76 bits per heavy atom. The smallest absolute Gasteiger partial charge is 0.315 e. The molecule has 2 aromatic rings. The summed E-state index contributed by atoms with van der Waals surface area (Å²) in [6.45, 7) is 1.67. The van der Waals surface area contributed by atoms with E-state index in [1.54, 1.807) is 7.11 Å². The van der Waals surface area contributed by atoms with Crippen molar-refractivity contribution in [3.63, 3.8) is 0 Å². The van der Waals surface area contributed by atoms with Gasteiger partial charge in [0.05, 0.1) is 19.2 Å². The third-order valence-corrected chi connectivity index (χ3v) is 6.16. The van der Waals surface area contributed by atoms with E-state index < -0.39 is 0 Å². The van der Waals surface area contributed by atoms with Crippen molar-refractivity contribution >= 4 is 11.9 Å². The first kappa shape index (κ1) is 24.6. The van der Waals surface area contributed by atoms with Crippen LogP contribution in [0.2, 0.25) is 0 Å². The van der Waals surface area contributed by atoms with E-state index in [2.05, 4.69) is 15.5 Å². The van der Waals surface area contributed by atoms with Gasteiger partial charge in [-0.1, -0.05) is 48.9 Å². The lowest BCUT2D eigenvalue weighted by Crippen LogP contribution is -2.45. The first-order valence-corrected chi connectivity index (χ1v) is 11.7. The fraction of sp³-hybridized carbons (Fsp3) is 0.462. The summed E-state index contributed by atoms with van der Waals surface area (Å²) in [6, 6.07) is 17.2. The number of carbonyl (C=O) groups is 2. The summed E-state index contributed by atoms with van der Waals surface area (Å²) >= 11 is 0. The van der Waals surface area contributed by atoms with Gasteiger partial charge in [0.15, 0.2) is 0 Å². The Bertz CT molecular complexity index is 886. The summed E-state index contributed by atoms with van der Waals surface area (Å²) in [7, 11) is 5.63. The molecule has 2 aromatic carbocycles. The number of hydrogen-bond acceptors (Lipinski definition) is 4. The number of methoxy groups -OCH3 is 1. The summed E-state index contributed by atoms with van der Waals surface area (Å²) in [4.78, 5) is 29.4. The van der Waals surface area contributed by atoms with Gasteiger partial charge >= 0.3 is 6.03 Å². The van der Waals surface area contributed by atoms with Crippen molar-refractivity contribution in [1.82, 2.24) is 20.4 Å². The molecule has 2 atom stereocenters. The highest BCUT2D eigenvalue weighted by Crippen LogP contribution is 2.21. The number of carbonyl (C=O) groups excluding carboxylic acids is 2. The van der Waals surface area contributed by atoms with Crippen LogP contribution in [-0.4, -0.2) is 62.6 Å². The summed E-state index contributed by atoms with van der Waals surface area (Å²) in [5.74, 6) is 0.971. The number of amides is 3. The molecule has 0 aliphatic carbocycles. The van der Waals surface area contributed by atoms with Crippen LogP contribution in [0.15, 0.2) is 54.6 Å². The third-order valence-electron chi connectivity index (χ3n) is 6.16. The number of ether oxygens (including phenoxy) is 1. The van der Waals surface area contributed by atoms with E-state index in [0.717, 1.165) is 42.7 Å². The number of benzene rings is 2. The number of likely N-dealkylation sites (tertiary alicyclic amines) is 1. The van der Waals surface area contributed by atoms with Gasteiger partial charge in [-0.2, -0.15) is 0 Å². The second-order valence-electron chi connectivity index (χ2n) is 8.72. The fourth-order valence-corrected chi connectivity index (χ4v) is 4.19. The lowest BCUT2D eigenvalue weighted by molar-refractivity contribution is -0.131. The number of urea groups is 1. The second-order valence-corrected chi connectivity index (χ2v) is 8.72. The molecular formula is C26H36N4O3. The molecule has 2 unspecified atom stereocenters. The lowest BCUT2D eigenvalue weighted by atomic mass is 10.1. The van der Waals surface area contributed by atoms with Gasteiger partial charge in [0.1, 0.15) is 5.75 Å². The van der Waals surface area contributed by atoms with Crippen molar-refractivity contribution in [2.75, 3.05) is 40.8 Å². The zero-order chi connectivity index (χ0) is 23.6. The summed E-state index contributed by atoms with van der Waals surface area (Å²) in [5.41, 5.74) is 2.08. The molecule has 0 saturated carbocycles. The Labute approximate surface area is 197 Å². The quantitative estimate of drug-likeness (QED) is 0.608. The summed E-state index contributed by atoms with van der Waals surface area (Å²) < 4.78 is 5.25. The molecule has 33 heavy (non-hydrogen) atoms. The number of rotatable bonds is 9. The van der Waals surface area contributed by atoms with Gasteiger partial charge in [-0.3, -0.25) is 4.79 Å². The van der Waals surface area contributed by atoms with Crippen LogP contribution in [0, 0.1) is 0 Å². The van der Waals surface area contributed by atoms with Crippen molar-refractivity contribution in [3.05, 3.63) is 65.7 Å². The minimum Gasteiger partial charge on any atom is -0.497 e. The average molecular weight is 453 g/mol. The minimum absolute atomic E-state index is 0.0176. The monoisotopic (exact) mass is 452 g/mol. The van der Waals surface area contributed by atoms with Gasteiger partial charge < -0.3 is 25.2 Å². The van der Waals surface area contributed by atoms with Crippen molar-refractivity contribution < 1.29 is 14.3 Å². The van der Waals surface area contributed by atoms with E-state index in [4.69, 9.17) is 4.74 Å². The van der Waals surface area contributed by atoms with Crippen LogP contribution < -0.4 is 15.4 Å². The van der Waals surface area contributed by atoms with Crippen molar-refractivity contribution in [1.29, 1.82) is 0 Å². The molecule has 7 nitrogen and oxygen atoms in total. The fourth-order valence-electron chi connectivity index (χ4n) is 4.19. The van der Waals surface area contributed by atoms with Crippen LogP contribution >= 0.6 is 0 Å². The molecule has 1 aliphatic rings. The molecule has 7 heteroatoms. The van der Waals surface area contributed by atoms with Crippen molar-refractivity contribution in [3.8, 4) is 5.75 Å². The molecule has 1 heterocycles. The maximum atomic E-state index is 12.9. The van der Waals surface area contributed by atoms with Gasteiger partial charge in [-0.15, -0.1) is 0 Å². The normalized spacial score (nSPS) is 16.1. The highest BCUT2D eigenvalue weighted by atomic mass is 16.5. The molecule has 0 aromatic heterocycles. The van der Waals surface area contributed by atoms with Gasteiger partial charge in [0.25, 0.3) is 0 Å². The van der Waals surface area contributed by atoms with Crippen molar-refractivity contribution in [2.45, 2.75) is 37.8 Å². The van der Waals surface area contributed by atoms with Crippen LogP contribution in [0.4, 0.5) is 4.79 Å². The topological polar surface area (TPSA) is 73.9 Å². The van der Waals surface area contributed by atoms with Crippen LogP contribution in [0.3, 0.4) is 0 Å². The predicted molar refractivity (Wildman–Crippen MR) is 130 cm³/mol. The highest BCUT2D eigenvalue weighted by molar-refractivity contribution is 5.77. The van der Waals surface area contributed by atoms with Gasteiger partial charge in [0, 0.05) is 26.1 Å². The molecule has 178 valence electrons. The molecule has 1 saturated heterocycles. The van der Waals surface area contributed by atoms with Crippen molar-refractivity contribution in [2.24, 2.45) is 0 Å². The van der Waals surface area contributed by atoms with Gasteiger partial charge in [-0.25, -0.2) is 4.79 Å². The first-order valence-electron chi connectivity index (χ1n) is 11.7. The Hall–Kier alpha value is -3.06. The Balaban J connectivity index is 1.66. The Morgan fingerprint density at radius 3 is 2.42 bits per heavy atom. The Kier molecular flexibility index (Phi) is 9.13. The average Bonchev–Trinajstić information content (AvgIpc) is 3.03. The van der Waals surface area contributed by atoms with Gasteiger partial charge in [0.2, 0.25) is 5.91 Å². The highest BCUT2D eigenvalue weighted by Gasteiger charge is 2.23. The zero-order valence-corrected chi connectivity index (χ0v) is 19.9. The van der Waals surface area contributed by atoms with Gasteiger partial charge in [-0.05, 0) is 50.2 Å². The summed E-state index contributed by atoms with van der Waals surface area (Å²) in [5, 5.41) is 6.13. The largest absolute Gasteiger partial charge is 0.497 e. The molecule has 3 amide bonds. The molecule has 1 aliphatic heterocycles. The molecular weight excluding hydrogens is 416 g/mol. The van der Waals surface area contributed by atoms with E-state index in [1.807, 2.05) is 73.6 Å². The van der Waals surface area contributed by atoms with Crippen LogP contribution in [0.1, 0.15) is 48.9 Å². The standard InChI is InChI=1S/C26H36N4O3/c1-29(2)24(21-13-15-22(33-3)16-14-21)18-27-26(32)28-23(20-10-6-4-7-11-20)19-30-17-9-5-8-12-25(30)31/h4,6-7,10-11,13-16,23-24H,5,8-9,12,17-19H2,1-3H3,(H2,27,28,32). The van der Waals surface area contributed by atoms with Crippen LogP contribution in [0.25, 0.3) is 0 Å². The first-order chi connectivity index (χ1) is 16.0. The van der Waals surface area contributed by atoms with E-state index in [1.165, 1.54) is 0 Å². The maximum absolute atomic E-state index is 12.9. The number of nitrogens with one attached hydrogen (secondary N) is 2.